The number of tetrazole rings is 1. The third-order valence-electron chi connectivity index (χ3n) is 3.68. The molecule has 0 fully saturated rings. The average molecular weight is 384 g/mol. The Hall–Kier alpha value is -2.94. The quantitative estimate of drug-likeness (QED) is 0.564. The monoisotopic (exact) mass is 384 g/mol. The second-order valence-electron chi connectivity index (χ2n) is 5.75. The smallest absolute Gasteiger partial charge is 0.221 e. The maximum atomic E-state index is 11.9. The van der Waals surface area contributed by atoms with E-state index < -0.39 is 0 Å². The first-order valence-corrected chi connectivity index (χ1v) is 9.42. The largest absolute Gasteiger partial charge is 0.489 e. The second kappa shape index (κ2) is 9.67. The maximum Gasteiger partial charge on any atom is 0.221 e. The molecule has 0 aliphatic carbocycles. The van der Waals surface area contributed by atoms with Crippen molar-refractivity contribution >= 4 is 17.7 Å². The fourth-order valence-electron chi connectivity index (χ4n) is 2.22. The predicted octanol–water partition coefficient (Wildman–Crippen LogP) is 1.98. The van der Waals surface area contributed by atoms with Gasteiger partial charge >= 0.3 is 0 Å². The SMILES string of the molecule is Cn1nnnc1SCCC(=O)NCc1ccc(OCc2cccnc2)cc1. The molecule has 0 spiro atoms. The summed E-state index contributed by atoms with van der Waals surface area (Å²) in [6.07, 6.45) is 3.92. The zero-order chi connectivity index (χ0) is 18.9. The van der Waals surface area contributed by atoms with Gasteiger partial charge < -0.3 is 10.1 Å². The number of ether oxygens (including phenoxy) is 1. The number of carbonyl (C=O) groups excluding carboxylic acids is 1. The molecule has 3 aromatic rings. The molecular weight excluding hydrogens is 364 g/mol. The molecule has 0 atom stereocenters. The lowest BCUT2D eigenvalue weighted by atomic mass is 10.2. The van der Waals surface area contributed by atoms with Crippen molar-refractivity contribution in [3.63, 3.8) is 0 Å². The van der Waals surface area contributed by atoms with Gasteiger partial charge in [-0.25, -0.2) is 4.68 Å². The van der Waals surface area contributed by atoms with Gasteiger partial charge in [0, 0.05) is 43.7 Å². The molecule has 27 heavy (non-hydrogen) atoms. The van der Waals surface area contributed by atoms with Crippen LogP contribution >= 0.6 is 11.8 Å². The van der Waals surface area contributed by atoms with Crippen molar-refractivity contribution in [1.82, 2.24) is 30.5 Å². The van der Waals surface area contributed by atoms with Crippen LogP contribution < -0.4 is 10.1 Å². The number of aryl methyl sites for hydroxylation is 1. The molecule has 3 rings (SSSR count). The van der Waals surface area contributed by atoms with Gasteiger partial charge in [-0.1, -0.05) is 30.0 Å². The molecule has 0 saturated heterocycles. The number of aromatic nitrogens is 5. The van der Waals surface area contributed by atoms with E-state index in [9.17, 15) is 4.79 Å². The van der Waals surface area contributed by atoms with Gasteiger partial charge in [0.2, 0.25) is 11.1 Å². The van der Waals surface area contributed by atoms with Crippen LogP contribution in [0.4, 0.5) is 0 Å². The summed E-state index contributed by atoms with van der Waals surface area (Å²) in [4.78, 5) is 16.0. The highest BCUT2D eigenvalue weighted by Gasteiger charge is 2.06. The number of nitrogens with one attached hydrogen (secondary N) is 1. The zero-order valence-corrected chi connectivity index (χ0v) is 15.7. The molecular formula is C18H20N6O2S. The molecule has 8 nitrogen and oxygen atoms in total. The molecule has 140 valence electrons. The van der Waals surface area contributed by atoms with Crippen molar-refractivity contribution in [2.24, 2.45) is 7.05 Å². The van der Waals surface area contributed by atoms with E-state index in [2.05, 4.69) is 25.8 Å². The number of pyridine rings is 1. The second-order valence-corrected chi connectivity index (χ2v) is 6.82. The third-order valence-corrected chi connectivity index (χ3v) is 4.70. The van der Waals surface area contributed by atoms with E-state index in [1.807, 2.05) is 36.4 Å². The maximum absolute atomic E-state index is 11.9. The van der Waals surface area contributed by atoms with Gasteiger partial charge in [0.05, 0.1) is 0 Å². The fraction of sp³-hybridized carbons (Fsp3) is 0.278. The van der Waals surface area contributed by atoms with Gasteiger partial charge in [0.25, 0.3) is 0 Å². The minimum Gasteiger partial charge on any atom is -0.489 e. The van der Waals surface area contributed by atoms with Crippen LogP contribution in [0.25, 0.3) is 0 Å². The topological polar surface area (TPSA) is 94.8 Å². The molecule has 1 aromatic carbocycles. The minimum atomic E-state index is -0.00506. The molecule has 0 saturated carbocycles. The molecule has 9 heteroatoms. The number of hydrogen-bond acceptors (Lipinski definition) is 7. The van der Waals surface area contributed by atoms with Gasteiger partial charge in [-0.05, 0) is 34.2 Å². The Balaban J connectivity index is 1.36. The van der Waals surface area contributed by atoms with Crippen LogP contribution in [0, 0.1) is 0 Å². The van der Waals surface area contributed by atoms with Gasteiger partial charge in [-0.15, -0.1) is 5.10 Å². The number of benzene rings is 1. The molecule has 1 N–H and O–H groups in total. The van der Waals surface area contributed by atoms with E-state index in [-0.39, 0.29) is 5.91 Å². The van der Waals surface area contributed by atoms with Gasteiger partial charge in [0.1, 0.15) is 12.4 Å². The summed E-state index contributed by atoms with van der Waals surface area (Å²) in [5.74, 6) is 1.40. The Bertz CT molecular complexity index is 854. The van der Waals surface area contributed by atoms with Crippen LogP contribution in [0.3, 0.4) is 0 Å². The van der Waals surface area contributed by atoms with Crippen molar-refractivity contribution < 1.29 is 9.53 Å². The summed E-state index contributed by atoms with van der Waals surface area (Å²) >= 11 is 1.45. The lowest BCUT2D eigenvalue weighted by molar-refractivity contribution is -0.120. The van der Waals surface area contributed by atoms with Crippen molar-refractivity contribution in [3.8, 4) is 5.75 Å². The van der Waals surface area contributed by atoms with Gasteiger partial charge in [-0.3, -0.25) is 9.78 Å². The Morgan fingerprint density at radius 3 is 2.78 bits per heavy atom. The molecule has 2 aromatic heterocycles. The van der Waals surface area contributed by atoms with Crippen LogP contribution in [0.1, 0.15) is 17.5 Å². The van der Waals surface area contributed by atoms with E-state index in [0.717, 1.165) is 16.9 Å². The normalized spacial score (nSPS) is 10.6. The fourth-order valence-corrected chi connectivity index (χ4v) is 3.01. The summed E-state index contributed by atoms with van der Waals surface area (Å²) in [6.45, 7) is 0.959. The molecule has 0 aliphatic rings. The number of hydrogen-bond donors (Lipinski definition) is 1. The number of rotatable bonds is 9. The number of nitrogens with zero attached hydrogens (tertiary/aromatic N) is 5. The summed E-state index contributed by atoms with van der Waals surface area (Å²) in [5, 5.41) is 14.8. The highest BCUT2D eigenvalue weighted by molar-refractivity contribution is 7.99. The Labute approximate surface area is 161 Å². The van der Waals surface area contributed by atoms with Crippen LogP contribution in [0.5, 0.6) is 5.75 Å². The average Bonchev–Trinajstić information content (AvgIpc) is 3.11. The zero-order valence-electron chi connectivity index (χ0n) is 14.9. The first-order chi connectivity index (χ1) is 13.2. The van der Waals surface area contributed by atoms with Crippen molar-refractivity contribution in [1.29, 1.82) is 0 Å². The van der Waals surface area contributed by atoms with E-state index in [0.29, 0.717) is 30.5 Å². The van der Waals surface area contributed by atoms with Crippen molar-refractivity contribution in [3.05, 3.63) is 59.9 Å². The number of thioether (sulfide) groups is 1. The summed E-state index contributed by atoms with van der Waals surface area (Å²) in [5.41, 5.74) is 2.03. The van der Waals surface area contributed by atoms with Crippen LogP contribution in [0.15, 0.2) is 53.9 Å². The first kappa shape index (κ1) is 18.8. The van der Waals surface area contributed by atoms with E-state index in [4.69, 9.17) is 4.74 Å². The van der Waals surface area contributed by atoms with Crippen molar-refractivity contribution in [2.45, 2.75) is 24.7 Å². The van der Waals surface area contributed by atoms with Crippen LogP contribution in [-0.4, -0.2) is 36.9 Å². The highest BCUT2D eigenvalue weighted by atomic mass is 32.2. The number of amides is 1. The molecule has 0 radical (unpaired) electrons. The molecule has 0 unspecified atom stereocenters. The Kier molecular flexibility index (Phi) is 6.75. The molecule has 2 heterocycles. The Morgan fingerprint density at radius 1 is 1.22 bits per heavy atom. The standard InChI is InChI=1S/C18H20N6O2S/c1-24-18(21-22-23-24)27-10-8-17(25)20-12-14-4-6-16(7-5-14)26-13-15-3-2-9-19-11-15/h2-7,9,11H,8,10,12-13H2,1H3,(H,20,25). The Morgan fingerprint density at radius 2 is 2.07 bits per heavy atom. The van der Waals surface area contributed by atoms with Crippen molar-refractivity contribution in [2.75, 3.05) is 5.75 Å². The van der Waals surface area contributed by atoms with Gasteiger partial charge in [0.15, 0.2) is 0 Å². The third kappa shape index (κ3) is 6.07. The minimum absolute atomic E-state index is 0.00506. The lowest BCUT2D eigenvalue weighted by Gasteiger charge is -2.08. The summed E-state index contributed by atoms with van der Waals surface area (Å²) in [6, 6.07) is 11.5. The van der Waals surface area contributed by atoms with Gasteiger partial charge in [-0.2, -0.15) is 0 Å². The molecule has 1 amide bonds. The predicted molar refractivity (Wildman–Crippen MR) is 101 cm³/mol. The highest BCUT2D eigenvalue weighted by Crippen LogP contribution is 2.15. The van der Waals surface area contributed by atoms with E-state index in [1.165, 1.54) is 11.8 Å². The lowest BCUT2D eigenvalue weighted by Crippen LogP contribution is -2.23. The first-order valence-electron chi connectivity index (χ1n) is 8.43. The van der Waals surface area contributed by atoms with E-state index >= 15 is 0 Å². The summed E-state index contributed by atoms with van der Waals surface area (Å²) in [7, 11) is 1.77. The molecule has 0 bridgehead atoms. The molecule has 0 aliphatic heterocycles. The van der Waals surface area contributed by atoms with Crippen LogP contribution in [0.2, 0.25) is 0 Å². The summed E-state index contributed by atoms with van der Waals surface area (Å²) < 4.78 is 7.31. The van der Waals surface area contributed by atoms with E-state index in [1.54, 1.807) is 24.1 Å². The van der Waals surface area contributed by atoms with Crippen LogP contribution in [-0.2, 0) is 25.0 Å². The number of carbonyl (C=O) groups is 1.